The quantitative estimate of drug-likeness (QED) is 0.476. The predicted octanol–water partition coefficient (Wildman–Crippen LogP) is 2.92. The zero-order valence-electron chi connectivity index (χ0n) is 10.6. The molecule has 0 aliphatic carbocycles. The van der Waals surface area contributed by atoms with Crippen molar-refractivity contribution in [3.05, 3.63) is 46.5 Å². The van der Waals surface area contributed by atoms with Gasteiger partial charge in [-0.3, -0.25) is 10.1 Å². The molecule has 1 heterocycles. The lowest BCUT2D eigenvalue weighted by molar-refractivity contribution is -0.384. The van der Waals surface area contributed by atoms with Crippen LogP contribution in [0, 0.1) is 10.1 Å². The van der Waals surface area contributed by atoms with Gasteiger partial charge in [0, 0.05) is 12.1 Å². The fourth-order valence-electron chi connectivity index (χ4n) is 1.97. The second-order valence-corrected chi connectivity index (χ2v) is 4.78. The smallest absolute Gasteiger partial charge is 0.424 e. The molecular weight excluding hydrogens is 250 g/mol. The zero-order chi connectivity index (χ0) is 14.2. The molecule has 1 aliphatic heterocycles. The minimum Gasteiger partial charge on any atom is -0.424 e. The first kappa shape index (κ1) is 13.1. The van der Waals surface area contributed by atoms with Gasteiger partial charge in [0.25, 0.3) is 5.69 Å². The third kappa shape index (κ3) is 2.42. The van der Waals surface area contributed by atoms with Crippen LogP contribution in [-0.2, 0) is 9.47 Å². The fourth-order valence-corrected chi connectivity index (χ4v) is 1.97. The molecule has 1 fully saturated rings. The number of nitrogens with zero attached hydrogens (tertiary/aromatic N) is 1. The molecule has 1 aromatic carbocycles. The summed E-state index contributed by atoms with van der Waals surface area (Å²) in [5, 5.41) is 10.6. The molecule has 1 atom stereocenters. The molecule has 6 heteroatoms. The molecule has 0 aromatic heterocycles. The molecule has 2 rings (SSSR count). The molecular formula is C13H13NO5. The van der Waals surface area contributed by atoms with Crippen LogP contribution in [0.4, 0.5) is 10.5 Å². The first-order chi connectivity index (χ1) is 8.81. The third-order valence-corrected chi connectivity index (χ3v) is 2.96. The van der Waals surface area contributed by atoms with Crippen LogP contribution in [0.15, 0.2) is 30.8 Å². The lowest BCUT2D eigenvalue weighted by Gasteiger charge is -2.23. The second-order valence-electron chi connectivity index (χ2n) is 4.78. The van der Waals surface area contributed by atoms with Crippen LogP contribution in [0.3, 0.4) is 0 Å². The van der Waals surface area contributed by atoms with Crippen molar-refractivity contribution in [2.45, 2.75) is 25.6 Å². The van der Waals surface area contributed by atoms with Crippen molar-refractivity contribution in [1.82, 2.24) is 0 Å². The van der Waals surface area contributed by atoms with E-state index in [1.807, 2.05) is 0 Å². The Labute approximate surface area is 109 Å². The van der Waals surface area contributed by atoms with Gasteiger partial charge in [0.1, 0.15) is 0 Å². The molecule has 1 unspecified atom stereocenters. The average molecular weight is 263 g/mol. The van der Waals surface area contributed by atoms with Crippen molar-refractivity contribution < 1.29 is 19.2 Å². The van der Waals surface area contributed by atoms with Crippen molar-refractivity contribution in [1.29, 1.82) is 0 Å². The summed E-state index contributed by atoms with van der Waals surface area (Å²) in [5.74, 6) is 0. The monoisotopic (exact) mass is 263 g/mol. The molecule has 6 nitrogen and oxygen atoms in total. The van der Waals surface area contributed by atoms with Crippen LogP contribution < -0.4 is 0 Å². The maximum atomic E-state index is 11.2. The minimum atomic E-state index is -0.810. The highest BCUT2D eigenvalue weighted by Crippen LogP contribution is 2.35. The Balaban J connectivity index is 2.25. The highest BCUT2D eigenvalue weighted by atomic mass is 16.8. The number of rotatable bonds is 3. The summed E-state index contributed by atoms with van der Waals surface area (Å²) < 4.78 is 10.1. The lowest BCUT2D eigenvalue weighted by Crippen LogP contribution is -2.33. The van der Waals surface area contributed by atoms with E-state index in [1.165, 1.54) is 12.1 Å². The second kappa shape index (κ2) is 4.38. The van der Waals surface area contributed by atoms with Crippen molar-refractivity contribution in [3.8, 4) is 0 Å². The molecule has 19 heavy (non-hydrogen) atoms. The maximum Gasteiger partial charge on any atom is 0.509 e. The van der Waals surface area contributed by atoms with Gasteiger partial charge >= 0.3 is 6.16 Å². The average Bonchev–Trinajstić information content (AvgIpc) is 2.61. The van der Waals surface area contributed by atoms with Gasteiger partial charge in [0.05, 0.1) is 4.92 Å². The van der Waals surface area contributed by atoms with Gasteiger partial charge in [-0.25, -0.2) is 4.79 Å². The number of carbonyl (C=O) groups excluding carboxylic acids is 1. The van der Waals surface area contributed by atoms with Crippen LogP contribution >= 0.6 is 0 Å². The predicted molar refractivity (Wildman–Crippen MR) is 67.6 cm³/mol. The molecule has 100 valence electrons. The Morgan fingerprint density at radius 2 is 1.95 bits per heavy atom. The summed E-state index contributed by atoms with van der Waals surface area (Å²) in [4.78, 5) is 21.3. The molecule has 0 N–H and O–H groups in total. The first-order valence-corrected chi connectivity index (χ1v) is 5.64. The summed E-state index contributed by atoms with van der Waals surface area (Å²) in [6, 6.07) is 5.90. The van der Waals surface area contributed by atoms with Gasteiger partial charge in [0.15, 0.2) is 11.7 Å². The summed E-state index contributed by atoms with van der Waals surface area (Å²) in [6.07, 6.45) is -1.35. The van der Waals surface area contributed by atoms with Crippen LogP contribution in [0.1, 0.15) is 19.4 Å². The number of non-ortho nitro benzene ring substituents is 1. The molecule has 0 saturated carbocycles. The number of carbonyl (C=O) groups is 1. The van der Waals surface area contributed by atoms with E-state index in [0.717, 1.165) is 0 Å². The van der Waals surface area contributed by atoms with Crippen LogP contribution in [0.2, 0.25) is 0 Å². The highest BCUT2D eigenvalue weighted by molar-refractivity contribution is 5.74. The molecule has 0 bridgehead atoms. The van der Waals surface area contributed by atoms with Crippen molar-refractivity contribution in [2.75, 3.05) is 0 Å². The maximum absolute atomic E-state index is 11.2. The fraction of sp³-hybridized carbons (Fsp3) is 0.308. The van der Waals surface area contributed by atoms with E-state index < -0.39 is 22.8 Å². The number of ether oxygens (including phenoxy) is 2. The largest absolute Gasteiger partial charge is 0.509 e. The van der Waals surface area contributed by atoms with E-state index in [2.05, 4.69) is 6.58 Å². The Hall–Kier alpha value is -2.37. The Bertz CT molecular complexity index is 547. The summed E-state index contributed by atoms with van der Waals surface area (Å²) in [5.41, 5.74) is 0.402. The van der Waals surface area contributed by atoms with E-state index in [0.29, 0.717) is 11.1 Å². The summed E-state index contributed by atoms with van der Waals surface area (Å²) in [6.45, 7) is 7.33. The standard InChI is InChI=1S/C13H13NO5/c1-8(11-13(2,3)19-12(15)18-11)9-4-6-10(7-5-9)14(16)17/h4-7,11H,1H2,2-3H3. The van der Waals surface area contributed by atoms with Gasteiger partial charge < -0.3 is 9.47 Å². The summed E-state index contributed by atoms with van der Waals surface area (Å²) in [7, 11) is 0. The molecule has 1 aromatic rings. The topological polar surface area (TPSA) is 78.7 Å². The number of nitro benzene ring substituents is 1. The van der Waals surface area contributed by atoms with E-state index in [1.54, 1.807) is 26.0 Å². The van der Waals surface area contributed by atoms with Crippen LogP contribution in [-0.4, -0.2) is 22.8 Å². The van der Waals surface area contributed by atoms with Gasteiger partial charge in [-0.05, 0) is 37.1 Å². The number of hydrogen-bond acceptors (Lipinski definition) is 5. The van der Waals surface area contributed by atoms with Gasteiger partial charge in [-0.15, -0.1) is 0 Å². The number of hydrogen-bond donors (Lipinski definition) is 0. The van der Waals surface area contributed by atoms with Crippen LogP contribution in [0.5, 0.6) is 0 Å². The van der Waals surface area contributed by atoms with Crippen molar-refractivity contribution in [3.63, 3.8) is 0 Å². The molecule has 0 radical (unpaired) electrons. The van der Waals surface area contributed by atoms with Gasteiger partial charge in [0.2, 0.25) is 0 Å². The van der Waals surface area contributed by atoms with Crippen LogP contribution in [0.25, 0.3) is 5.57 Å². The van der Waals surface area contributed by atoms with E-state index in [9.17, 15) is 14.9 Å². The number of nitro groups is 1. The zero-order valence-corrected chi connectivity index (χ0v) is 10.6. The minimum absolute atomic E-state index is 0.00419. The first-order valence-electron chi connectivity index (χ1n) is 5.64. The van der Waals surface area contributed by atoms with E-state index >= 15 is 0 Å². The molecule has 0 amide bonds. The highest BCUT2D eigenvalue weighted by Gasteiger charge is 2.45. The molecule has 1 saturated heterocycles. The lowest BCUT2D eigenvalue weighted by atomic mass is 9.91. The van der Waals surface area contributed by atoms with Crippen molar-refractivity contribution in [2.24, 2.45) is 0 Å². The number of cyclic esters (lactones) is 2. The molecule has 1 aliphatic rings. The Kier molecular flexibility index (Phi) is 3.01. The van der Waals surface area contributed by atoms with E-state index in [4.69, 9.17) is 9.47 Å². The SMILES string of the molecule is C=C(c1ccc([N+](=O)[O-])cc1)C1OC(=O)OC1(C)C. The summed E-state index contributed by atoms with van der Waals surface area (Å²) >= 11 is 0. The van der Waals surface area contributed by atoms with Gasteiger partial charge in [-0.1, -0.05) is 6.58 Å². The number of benzene rings is 1. The van der Waals surface area contributed by atoms with Gasteiger partial charge in [-0.2, -0.15) is 0 Å². The van der Waals surface area contributed by atoms with Crippen molar-refractivity contribution >= 4 is 17.4 Å². The third-order valence-electron chi connectivity index (χ3n) is 2.96. The Morgan fingerprint density at radius 3 is 2.37 bits per heavy atom. The Morgan fingerprint density at radius 1 is 1.37 bits per heavy atom. The molecule has 0 spiro atoms. The normalized spacial score (nSPS) is 20.5. The van der Waals surface area contributed by atoms with E-state index in [-0.39, 0.29) is 5.69 Å².